The molecule has 1 saturated heterocycles. The second-order valence-electron chi connectivity index (χ2n) is 5.20. The molecule has 2 nitrogen and oxygen atoms in total. The lowest BCUT2D eigenvalue weighted by atomic mass is 9.97. The largest absolute Gasteiger partial charge is 0.369 e. The zero-order chi connectivity index (χ0) is 13.0. The number of hydrogen-bond acceptors (Lipinski definition) is 2. The molecule has 0 saturated carbocycles. The van der Waals surface area contributed by atoms with Gasteiger partial charge in [0.2, 0.25) is 0 Å². The van der Waals surface area contributed by atoms with Gasteiger partial charge >= 0.3 is 0 Å². The second kappa shape index (κ2) is 6.75. The Morgan fingerprint density at radius 2 is 2.28 bits per heavy atom. The van der Waals surface area contributed by atoms with Crippen LogP contribution in [0.5, 0.6) is 0 Å². The molecule has 1 fully saturated rings. The van der Waals surface area contributed by atoms with Crippen molar-refractivity contribution in [1.82, 2.24) is 5.32 Å². The molecule has 0 spiro atoms. The molecule has 1 aromatic rings. The molecule has 0 amide bonds. The maximum Gasteiger partial charge on any atom is 0.0379 e. The first kappa shape index (κ1) is 14.1. The van der Waals surface area contributed by atoms with Gasteiger partial charge in [-0.05, 0) is 73.5 Å². The van der Waals surface area contributed by atoms with E-state index in [1.807, 2.05) is 0 Å². The van der Waals surface area contributed by atoms with E-state index in [1.54, 1.807) is 0 Å². The SMILES string of the molecule is CCCNC1CCN(c2cccc(I)c2)C(C)C1. The number of halogens is 1. The van der Waals surface area contributed by atoms with Crippen LogP contribution in [0.3, 0.4) is 0 Å². The summed E-state index contributed by atoms with van der Waals surface area (Å²) in [7, 11) is 0. The lowest BCUT2D eigenvalue weighted by molar-refractivity contribution is 0.369. The molecule has 1 N–H and O–H groups in total. The van der Waals surface area contributed by atoms with Gasteiger partial charge in [0.25, 0.3) is 0 Å². The van der Waals surface area contributed by atoms with Gasteiger partial charge in [-0.15, -0.1) is 0 Å². The second-order valence-corrected chi connectivity index (χ2v) is 6.44. The van der Waals surface area contributed by atoms with Gasteiger partial charge in [-0.3, -0.25) is 0 Å². The zero-order valence-electron chi connectivity index (χ0n) is 11.3. The van der Waals surface area contributed by atoms with Gasteiger partial charge in [-0.1, -0.05) is 13.0 Å². The zero-order valence-corrected chi connectivity index (χ0v) is 13.5. The summed E-state index contributed by atoms with van der Waals surface area (Å²) < 4.78 is 1.32. The van der Waals surface area contributed by atoms with Crippen LogP contribution in [0, 0.1) is 3.57 Å². The Kier molecular flexibility index (Phi) is 5.30. The Balaban J connectivity index is 1.97. The third-order valence-electron chi connectivity index (χ3n) is 3.70. The summed E-state index contributed by atoms with van der Waals surface area (Å²) in [5.41, 5.74) is 1.38. The molecule has 1 aromatic carbocycles. The van der Waals surface area contributed by atoms with Crippen molar-refractivity contribution in [2.75, 3.05) is 18.0 Å². The molecule has 0 aromatic heterocycles. The molecule has 1 heterocycles. The number of benzene rings is 1. The Hall–Kier alpha value is -0.290. The van der Waals surface area contributed by atoms with E-state index >= 15 is 0 Å². The number of rotatable bonds is 4. The molecule has 18 heavy (non-hydrogen) atoms. The van der Waals surface area contributed by atoms with Gasteiger partial charge in [-0.2, -0.15) is 0 Å². The average Bonchev–Trinajstić information content (AvgIpc) is 2.36. The number of nitrogens with one attached hydrogen (secondary N) is 1. The molecule has 1 aliphatic rings. The van der Waals surface area contributed by atoms with Crippen molar-refractivity contribution in [2.45, 2.75) is 45.2 Å². The first-order valence-corrected chi connectivity index (χ1v) is 8.04. The fourth-order valence-electron chi connectivity index (χ4n) is 2.74. The van der Waals surface area contributed by atoms with Crippen LogP contribution in [0.25, 0.3) is 0 Å². The van der Waals surface area contributed by atoms with Crippen molar-refractivity contribution >= 4 is 28.3 Å². The van der Waals surface area contributed by atoms with Crippen LogP contribution in [0.15, 0.2) is 24.3 Å². The lowest BCUT2D eigenvalue weighted by Crippen LogP contribution is -2.47. The molecular weight excluding hydrogens is 335 g/mol. The van der Waals surface area contributed by atoms with Gasteiger partial charge in [-0.25, -0.2) is 0 Å². The van der Waals surface area contributed by atoms with Crippen LogP contribution in [-0.4, -0.2) is 25.2 Å². The normalized spacial score (nSPS) is 24.3. The van der Waals surface area contributed by atoms with E-state index in [4.69, 9.17) is 0 Å². The van der Waals surface area contributed by atoms with Crippen LogP contribution in [0.2, 0.25) is 0 Å². The Morgan fingerprint density at radius 1 is 1.44 bits per heavy atom. The molecule has 0 aliphatic carbocycles. The molecule has 0 bridgehead atoms. The summed E-state index contributed by atoms with van der Waals surface area (Å²) in [6.45, 7) is 6.90. The van der Waals surface area contributed by atoms with E-state index < -0.39 is 0 Å². The highest BCUT2D eigenvalue weighted by molar-refractivity contribution is 14.1. The van der Waals surface area contributed by atoms with Crippen molar-refractivity contribution in [3.05, 3.63) is 27.8 Å². The van der Waals surface area contributed by atoms with E-state index in [1.165, 1.54) is 35.1 Å². The minimum absolute atomic E-state index is 0.631. The highest BCUT2D eigenvalue weighted by Crippen LogP contribution is 2.26. The molecule has 2 rings (SSSR count). The monoisotopic (exact) mass is 358 g/mol. The van der Waals surface area contributed by atoms with E-state index in [0.717, 1.165) is 6.54 Å². The minimum Gasteiger partial charge on any atom is -0.369 e. The van der Waals surface area contributed by atoms with Gasteiger partial charge in [0.15, 0.2) is 0 Å². The smallest absolute Gasteiger partial charge is 0.0379 e. The van der Waals surface area contributed by atoms with Crippen molar-refractivity contribution in [1.29, 1.82) is 0 Å². The third kappa shape index (κ3) is 3.60. The summed E-state index contributed by atoms with van der Waals surface area (Å²) in [6, 6.07) is 10.2. The first-order valence-electron chi connectivity index (χ1n) is 6.96. The summed E-state index contributed by atoms with van der Waals surface area (Å²) in [6.07, 6.45) is 3.74. The van der Waals surface area contributed by atoms with Gasteiger partial charge in [0.05, 0.1) is 0 Å². The Bertz CT molecular complexity index is 381. The average molecular weight is 358 g/mol. The molecule has 2 atom stereocenters. The van der Waals surface area contributed by atoms with E-state index in [0.29, 0.717) is 12.1 Å². The van der Waals surface area contributed by atoms with E-state index in [2.05, 4.69) is 70.9 Å². The highest BCUT2D eigenvalue weighted by Gasteiger charge is 2.24. The molecule has 3 heteroatoms. The van der Waals surface area contributed by atoms with Gasteiger partial charge < -0.3 is 10.2 Å². The number of anilines is 1. The fourth-order valence-corrected chi connectivity index (χ4v) is 3.27. The maximum absolute atomic E-state index is 3.66. The summed E-state index contributed by atoms with van der Waals surface area (Å²) >= 11 is 2.39. The fraction of sp³-hybridized carbons (Fsp3) is 0.600. The van der Waals surface area contributed by atoms with Crippen molar-refractivity contribution in [3.8, 4) is 0 Å². The van der Waals surface area contributed by atoms with Crippen LogP contribution >= 0.6 is 22.6 Å². The van der Waals surface area contributed by atoms with Crippen LogP contribution in [0.4, 0.5) is 5.69 Å². The highest BCUT2D eigenvalue weighted by atomic mass is 127. The van der Waals surface area contributed by atoms with Crippen LogP contribution in [0.1, 0.15) is 33.1 Å². The molecule has 0 radical (unpaired) electrons. The number of hydrogen-bond donors (Lipinski definition) is 1. The minimum atomic E-state index is 0.631. The molecular formula is C15H23IN2. The van der Waals surface area contributed by atoms with Crippen molar-refractivity contribution in [2.24, 2.45) is 0 Å². The topological polar surface area (TPSA) is 15.3 Å². The molecule has 100 valence electrons. The third-order valence-corrected chi connectivity index (χ3v) is 4.37. The standard InChI is InChI=1S/C15H23IN2/c1-3-8-17-14-7-9-18(12(2)10-14)15-6-4-5-13(16)11-15/h4-6,11-12,14,17H,3,7-10H2,1-2H3. The molecule has 2 unspecified atom stereocenters. The number of piperidine rings is 1. The molecule has 1 aliphatic heterocycles. The Labute approximate surface area is 124 Å². The van der Waals surface area contributed by atoms with Gasteiger partial charge in [0.1, 0.15) is 0 Å². The quantitative estimate of drug-likeness (QED) is 0.827. The Morgan fingerprint density at radius 3 is 2.94 bits per heavy atom. The van der Waals surface area contributed by atoms with E-state index in [9.17, 15) is 0 Å². The summed E-state index contributed by atoms with van der Waals surface area (Å²) in [4.78, 5) is 2.55. The van der Waals surface area contributed by atoms with Gasteiger partial charge in [0, 0.05) is 27.9 Å². The predicted octanol–water partition coefficient (Wildman–Crippen LogP) is 3.65. The first-order chi connectivity index (χ1) is 8.70. The lowest BCUT2D eigenvalue weighted by Gasteiger charge is -2.39. The maximum atomic E-state index is 3.66. The van der Waals surface area contributed by atoms with Crippen LogP contribution in [-0.2, 0) is 0 Å². The predicted molar refractivity (Wildman–Crippen MR) is 87.3 cm³/mol. The van der Waals surface area contributed by atoms with E-state index in [-0.39, 0.29) is 0 Å². The van der Waals surface area contributed by atoms with Crippen molar-refractivity contribution < 1.29 is 0 Å². The summed E-state index contributed by atoms with van der Waals surface area (Å²) in [5.74, 6) is 0. The summed E-state index contributed by atoms with van der Waals surface area (Å²) in [5, 5.41) is 3.66. The number of nitrogens with zero attached hydrogens (tertiary/aromatic N) is 1. The van der Waals surface area contributed by atoms with Crippen LogP contribution < -0.4 is 10.2 Å². The van der Waals surface area contributed by atoms with Crippen molar-refractivity contribution in [3.63, 3.8) is 0 Å².